The molecule has 5 heterocycles. The Morgan fingerprint density at radius 3 is 2.69 bits per heavy atom. The fourth-order valence-corrected chi connectivity index (χ4v) is 6.00. The Morgan fingerprint density at radius 1 is 1.19 bits per heavy atom. The molecule has 2 aromatic rings. The first kappa shape index (κ1) is 25.3. The lowest BCUT2D eigenvalue weighted by atomic mass is 9.99. The van der Waals surface area contributed by atoms with Gasteiger partial charge in [-0.1, -0.05) is 0 Å². The van der Waals surface area contributed by atoms with Crippen molar-refractivity contribution in [1.29, 1.82) is 0 Å². The van der Waals surface area contributed by atoms with Crippen molar-refractivity contribution in [3.05, 3.63) is 23.5 Å². The van der Waals surface area contributed by atoms with E-state index in [1.807, 2.05) is 22.5 Å². The molecule has 198 valence electrons. The topological polar surface area (TPSA) is 128 Å². The lowest BCUT2D eigenvalue weighted by Crippen LogP contribution is -2.68. The number of carbonyl (C=O) groups is 1. The van der Waals surface area contributed by atoms with Gasteiger partial charge < -0.3 is 20.9 Å². The van der Waals surface area contributed by atoms with E-state index in [1.54, 1.807) is 0 Å². The van der Waals surface area contributed by atoms with Crippen molar-refractivity contribution in [3.8, 4) is 0 Å². The quantitative estimate of drug-likeness (QED) is 0.360. The Labute approximate surface area is 213 Å². The number of amides is 1. The summed E-state index contributed by atoms with van der Waals surface area (Å²) in [4.78, 5) is 22.7. The third kappa shape index (κ3) is 5.21. The van der Waals surface area contributed by atoms with Crippen molar-refractivity contribution < 1.29 is 4.79 Å². The van der Waals surface area contributed by atoms with Crippen molar-refractivity contribution in [2.45, 2.75) is 89.5 Å². The van der Waals surface area contributed by atoms with Gasteiger partial charge in [0.25, 0.3) is 5.91 Å². The van der Waals surface area contributed by atoms with Crippen LogP contribution in [0.4, 0.5) is 5.82 Å². The first-order valence-corrected chi connectivity index (χ1v) is 13.5. The highest BCUT2D eigenvalue weighted by Crippen LogP contribution is 2.32. The van der Waals surface area contributed by atoms with Crippen molar-refractivity contribution in [3.63, 3.8) is 0 Å². The molecule has 3 unspecified atom stereocenters. The van der Waals surface area contributed by atoms with E-state index in [0.29, 0.717) is 24.7 Å². The Bertz CT molecular complexity index is 1060. The summed E-state index contributed by atoms with van der Waals surface area (Å²) in [5.74, 6) is 0.927. The normalized spacial score (nSPS) is 30.2. The molecule has 6 N–H and O–H groups in total. The molecule has 0 spiro atoms. The molecule has 0 aromatic carbocycles. The average molecular weight is 499 g/mol. The van der Waals surface area contributed by atoms with Crippen LogP contribution in [0.3, 0.4) is 0 Å². The third-order valence-electron chi connectivity index (χ3n) is 7.87. The maximum absolute atomic E-state index is 13.5. The fraction of sp³-hybridized carbons (Fsp3) is 0.720. The number of hydrogen-bond donors (Lipinski definition) is 5. The van der Waals surface area contributed by atoms with Gasteiger partial charge >= 0.3 is 0 Å². The van der Waals surface area contributed by atoms with Crippen molar-refractivity contribution in [2.75, 3.05) is 31.6 Å². The Kier molecular flexibility index (Phi) is 7.45. The molecule has 5 atom stereocenters. The number of aromatic nitrogens is 3. The molecule has 11 nitrogen and oxygen atoms in total. The van der Waals surface area contributed by atoms with E-state index < -0.39 is 6.17 Å². The molecular formula is C25H42N10O. The van der Waals surface area contributed by atoms with E-state index in [2.05, 4.69) is 53.1 Å². The average Bonchev–Trinajstić information content (AvgIpc) is 3.49. The zero-order valence-corrected chi connectivity index (χ0v) is 22.0. The maximum atomic E-state index is 13.5. The molecule has 5 rings (SSSR count). The summed E-state index contributed by atoms with van der Waals surface area (Å²) >= 11 is 0. The number of nitrogens with two attached hydrogens (primary N) is 1. The fourth-order valence-electron chi connectivity index (χ4n) is 6.00. The maximum Gasteiger partial charge on any atom is 0.254 e. The molecular weight excluding hydrogens is 456 g/mol. The second kappa shape index (κ2) is 10.6. The molecule has 36 heavy (non-hydrogen) atoms. The Balaban J connectivity index is 1.33. The summed E-state index contributed by atoms with van der Waals surface area (Å²) < 4.78 is 1.86. The minimum atomic E-state index is -0.799. The molecule has 2 aromatic heterocycles. The van der Waals surface area contributed by atoms with E-state index in [-0.39, 0.29) is 18.2 Å². The molecule has 0 aliphatic carbocycles. The van der Waals surface area contributed by atoms with E-state index in [9.17, 15) is 4.79 Å². The van der Waals surface area contributed by atoms with Crippen LogP contribution < -0.4 is 31.9 Å². The van der Waals surface area contributed by atoms with Crippen LogP contribution in [0.5, 0.6) is 0 Å². The largest absolute Gasteiger partial charge is 0.355 e. The van der Waals surface area contributed by atoms with Gasteiger partial charge in [0.1, 0.15) is 18.3 Å². The van der Waals surface area contributed by atoms with Crippen LogP contribution in [-0.4, -0.2) is 82.7 Å². The lowest BCUT2D eigenvalue weighted by Gasteiger charge is -2.39. The van der Waals surface area contributed by atoms with E-state index in [1.165, 1.54) is 0 Å². The molecule has 0 bridgehead atoms. The predicted octanol–water partition coefficient (Wildman–Crippen LogP) is 0.407. The Hall–Kier alpha value is -2.31. The van der Waals surface area contributed by atoms with Crippen molar-refractivity contribution >= 4 is 17.4 Å². The molecule has 1 amide bonds. The van der Waals surface area contributed by atoms with Gasteiger partial charge in [-0.15, -0.1) is 0 Å². The number of anilines is 1. The number of likely N-dealkylation sites (N-methyl/N-ethyl adjacent to an activating group) is 1. The summed E-state index contributed by atoms with van der Waals surface area (Å²) in [7, 11) is 2.02. The molecule has 11 heteroatoms. The van der Waals surface area contributed by atoms with Crippen LogP contribution in [0.1, 0.15) is 63.3 Å². The van der Waals surface area contributed by atoms with Gasteiger partial charge in [-0.05, 0) is 59.9 Å². The predicted molar refractivity (Wildman–Crippen MR) is 140 cm³/mol. The number of aryl methyl sites for hydroxylation is 1. The van der Waals surface area contributed by atoms with Crippen LogP contribution in [0.2, 0.25) is 0 Å². The monoisotopic (exact) mass is 498 g/mol. The summed E-state index contributed by atoms with van der Waals surface area (Å²) in [6, 6.07) is 3.14. The molecule has 3 fully saturated rings. The molecule has 0 radical (unpaired) electrons. The van der Waals surface area contributed by atoms with Gasteiger partial charge in [-0.3, -0.25) is 20.7 Å². The van der Waals surface area contributed by atoms with Gasteiger partial charge in [0.05, 0.1) is 11.7 Å². The van der Waals surface area contributed by atoms with Gasteiger partial charge in [0.15, 0.2) is 5.65 Å². The number of nitrogens with one attached hydrogen (secondary N) is 4. The van der Waals surface area contributed by atoms with Crippen molar-refractivity contribution in [2.24, 2.45) is 5.73 Å². The number of hydrogen-bond acceptors (Lipinski definition) is 9. The number of carbonyl (C=O) groups excluding carboxylic acids is 1. The number of rotatable bonds is 6. The zero-order valence-electron chi connectivity index (χ0n) is 22.0. The molecule has 3 aliphatic heterocycles. The number of likely N-dealkylation sites (tertiary alicyclic amines) is 1. The van der Waals surface area contributed by atoms with Gasteiger partial charge in [0.2, 0.25) is 0 Å². The first-order chi connectivity index (χ1) is 17.3. The highest BCUT2D eigenvalue weighted by atomic mass is 16.2. The van der Waals surface area contributed by atoms with Gasteiger partial charge in [0, 0.05) is 55.6 Å². The van der Waals surface area contributed by atoms with Gasteiger partial charge in [-0.2, -0.15) is 5.10 Å². The summed E-state index contributed by atoms with van der Waals surface area (Å²) in [5.41, 5.74) is 9.19. The summed E-state index contributed by atoms with van der Waals surface area (Å²) in [6.07, 6.45) is 6.11. The summed E-state index contributed by atoms with van der Waals surface area (Å²) in [5, 5.41) is 18.3. The van der Waals surface area contributed by atoms with E-state index in [4.69, 9.17) is 15.8 Å². The number of piperidine rings is 1. The van der Waals surface area contributed by atoms with Gasteiger partial charge in [-0.25, -0.2) is 9.50 Å². The van der Waals surface area contributed by atoms with Crippen LogP contribution in [-0.2, 0) is 4.79 Å². The zero-order chi connectivity index (χ0) is 25.4. The number of nitrogens with zero attached hydrogens (tertiary/aromatic N) is 5. The van der Waals surface area contributed by atoms with Crippen LogP contribution in [0.15, 0.2) is 12.3 Å². The van der Waals surface area contributed by atoms with Crippen LogP contribution >= 0.6 is 0 Å². The smallest absolute Gasteiger partial charge is 0.254 e. The second-order valence-corrected chi connectivity index (χ2v) is 10.8. The van der Waals surface area contributed by atoms with E-state index >= 15 is 0 Å². The third-order valence-corrected chi connectivity index (χ3v) is 7.87. The second-order valence-electron chi connectivity index (χ2n) is 10.8. The lowest BCUT2D eigenvalue weighted by molar-refractivity contribution is -0.137. The first-order valence-electron chi connectivity index (χ1n) is 13.5. The molecule has 0 saturated carbocycles. The molecule has 3 aliphatic rings. The Morgan fingerprint density at radius 2 is 1.97 bits per heavy atom. The van der Waals surface area contributed by atoms with Crippen LogP contribution in [0, 0.1) is 6.92 Å². The standard InChI is InChI=1S/C25H42N10O/c1-15-13-35-21(30-23(15)33-10-8-18(14-33)27-4)12-19(32-35)20-7-5-6-9-34(20)24(36)22(26)31-25-28-16(2)11-17(3)29-25/h12-13,16-18,20,22,25,27-29,31H,5-11,14,26H2,1-4H3/t16?,17?,18-,20-,22?,25?/m0/s1. The van der Waals surface area contributed by atoms with Crippen LogP contribution in [0.25, 0.3) is 5.65 Å². The summed E-state index contributed by atoms with van der Waals surface area (Å²) in [6.45, 7) is 9.02. The van der Waals surface area contributed by atoms with Crippen molar-refractivity contribution in [1.82, 2.24) is 40.8 Å². The number of fused-ring (bicyclic) bond motifs is 1. The highest BCUT2D eigenvalue weighted by Gasteiger charge is 2.34. The SMILES string of the molecule is CN[C@H]1CCN(c2nc3cc([C@@H]4CCCCN4C(=O)C(N)NC4NC(C)CC(C)N4)nn3cc2C)C1. The minimum absolute atomic E-state index is 0.0914. The highest BCUT2D eigenvalue weighted by molar-refractivity contribution is 5.81. The molecule has 3 saturated heterocycles. The van der Waals surface area contributed by atoms with E-state index in [0.717, 1.165) is 67.9 Å². The minimum Gasteiger partial charge on any atom is -0.355 e.